The highest BCUT2D eigenvalue weighted by atomic mass is 79.9. The van der Waals surface area contributed by atoms with E-state index in [-0.39, 0.29) is 17.6 Å². The van der Waals surface area contributed by atoms with Crippen LogP contribution in [0.1, 0.15) is 16.7 Å². The van der Waals surface area contributed by atoms with Gasteiger partial charge in [-0.25, -0.2) is 10.1 Å². The molecule has 0 saturated heterocycles. The predicted molar refractivity (Wildman–Crippen MR) is 147 cm³/mol. The number of carbonyl (C=O) groups is 1. The Hall–Kier alpha value is -3.83. The second-order valence-corrected chi connectivity index (χ2v) is 9.51. The highest BCUT2D eigenvalue weighted by Crippen LogP contribution is 2.20. The Morgan fingerprint density at radius 3 is 2.78 bits per heavy atom. The zero-order valence-electron chi connectivity index (χ0n) is 19.4. The number of amides is 1. The number of benzene rings is 3. The number of hydrogen-bond donors (Lipinski definition) is 3. The minimum absolute atomic E-state index is 0.135. The third-order valence-electron chi connectivity index (χ3n) is 4.99. The molecule has 0 aliphatic heterocycles. The third-order valence-corrected chi connectivity index (χ3v) is 6.42. The second kappa shape index (κ2) is 12.2. The molecule has 1 aromatic heterocycles. The summed E-state index contributed by atoms with van der Waals surface area (Å²) in [5.41, 5.74) is 6.37. The van der Waals surface area contributed by atoms with Crippen molar-refractivity contribution in [3.05, 3.63) is 94.0 Å². The number of nitrogens with two attached hydrogens (primary N) is 1. The molecule has 0 bridgehead atoms. The Morgan fingerprint density at radius 2 is 1.94 bits per heavy atom. The zero-order valence-corrected chi connectivity index (χ0v) is 21.8. The summed E-state index contributed by atoms with van der Waals surface area (Å²) in [5.74, 6) is 6.97. The first-order chi connectivity index (χ1) is 17.5. The van der Waals surface area contributed by atoms with Gasteiger partial charge in [0.15, 0.2) is 0 Å². The van der Waals surface area contributed by atoms with Crippen molar-refractivity contribution in [3.63, 3.8) is 0 Å². The van der Waals surface area contributed by atoms with Crippen LogP contribution in [0.2, 0.25) is 0 Å². The molecule has 1 amide bonds. The van der Waals surface area contributed by atoms with Crippen molar-refractivity contribution in [2.24, 2.45) is 5.10 Å². The first-order valence-corrected chi connectivity index (χ1v) is 12.7. The Balaban J connectivity index is 1.32. The lowest BCUT2D eigenvalue weighted by atomic mass is 10.2. The molecule has 184 valence electrons. The normalized spacial score (nSPS) is 10.9. The van der Waals surface area contributed by atoms with Crippen LogP contribution in [-0.2, 0) is 11.4 Å². The predicted octanol–water partition coefficient (Wildman–Crippen LogP) is 4.82. The van der Waals surface area contributed by atoms with Gasteiger partial charge < -0.3 is 15.9 Å². The van der Waals surface area contributed by atoms with Gasteiger partial charge in [-0.2, -0.15) is 5.10 Å². The molecule has 11 heteroatoms. The van der Waals surface area contributed by atoms with Crippen LogP contribution in [0, 0.1) is 6.92 Å². The first-order valence-electron chi connectivity index (χ1n) is 10.9. The Bertz CT molecular complexity index is 1380. The second-order valence-electron chi connectivity index (χ2n) is 7.65. The molecule has 1 heterocycles. The Morgan fingerprint density at radius 1 is 1.14 bits per heavy atom. The molecule has 4 rings (SSSR count). The first kappa shape index (κ1) is 25.3. The van der Waals surface area contributed by atoms with E-state index in [1.54, 1.807) is 6.21 Å². The van der Waals surface area contributed by atoms with Crippen molar-refractivity contribution in [1.29, 1.82) is 0 Å². The number of anilines is 2. The monoisotopic (exact) mass is 565 g/mol. The zero-order chi connectivity index (χ0) is 25.3. The molecule has 0 atom stereocenters. The van der Waals surface area contributed by atoms with E-state index in [1.807, 2.05) is 79.7 Å². The summed E-state index contributed by atoms with van der Waals surface area (Å²) in [6, 6.07) is 23.1. The van der Waals surface area contributed by atoms with Crippen molar-refractivity contribution in [3.8, 4) is 5.75 Å². The van der Waals surface area contributed by atoms with E-state index in [0.29, 0.717) is 17.5 Å². The van der Waals surface area contributed by atoms with Crippen molar-refractivity contribution < 1.29 is 9.53 Å². The third kappa shape index (κ3) is 6.86. The lowest BCUT2D eigenvalue weighted by Gasteiger charge is -2.09. The van der Waals surface area contributed by atoms with Crippen LogP contribution in [0.25, 0.3) is 0 Å². The van der Waals surface area contributed by atoms with Crippen LogP contribution in [0.4, 0.5) is 11.6 Å². The van der Waals surface area contributed by atoms with Gasteiger partial charge in [-0.05, 0) is 48.4 Å². The molecule has 0 fully saturated rings. The van der Waals surface area contributed by atoms with Gasteiger partial charge in [0.05, 0.1) is 12.0 Å². The van der Waals surface area contributed by atoms with Gasteiger partial charge in [0.1, 0.15) is 12.4 Å². The topological polar surface area (TPSA) is 119 Å². The molecule has 0 unspecified atom stereocenters. The van der Waals surface area contributed by atoms with Crippen LogP contribution in [-0.4, -0.2) is 32.7 Å². The number of nitrogens with zero attached hydrogens (tertiary/aromatic N) is 4. The average molecular weight is 566 g/mol. The summed E-state index contributed by atoms with van der Waals surface area (Å²) in [4.78, 5) is 12.3. The minimum atomic E-state index is -0.163. The number of carbonyl (C=O) groups excluding carboxylic acids is 1. The molecular formula is C25H24BrN7O2S. The van der Waals surface area contributed by atoms with Crippen LogP contribution in [0.5, 0.6) is 5.75 Å². The maximum absolute atomic E-state index is 12.3. The number of halogens is 1. The van der Waals surface area contributed by atoms with E-state index in [1.165, 1.54) is 16.4 Å². The van der Waals surface area contributed by atoms with Crippen molar-refractivity contribution in [2.75, 3.05) is 22.3 Å². The number of nitrogen functional groups attached to an aromatic ring is 1. The largest absolute Gasteiger partial charge is 0.488 e. The van der Waals surface area contributed by atoms with E-state index in [4.69, 9.17) is 10.6 Å². The van der Waals surface area contributed by atoms with Gasteiger partial charge >= 0.3 is 0 Å². The fourth-order valence-electron chi connectivity index (χ4n) is 3.15. The average Bonchev–Trinajstić information content (AvgIpc) is 3.23. The van der Waals surface area contributed by atoms with Crippen LogP contribution in [0.3, 0.4) is 0 Å². The summed E-state index contributed by atoms with van der Waals surface area (Å²) in [6.07, 6.45) is 1.62. The maximum Gasteiger partial charge on any atom is 0.264 e. The summed E-state index contributed by atoms with van der Waals surface area (Å²) < 4.78 is 8.22. The number of rotatable bonds is 10. The Kier molecular flexibility index (Phi) is 8.58. The van der Waals surface area contributed by atoms with E-state index >= 15 is 0 Å². The smallest absolute Gasteiger partial charge is 0.264 e. The standard InChI is InChI=1S/C25H24BrN7O2S/c1-17-7-2-4-11-21(17)29-23(34)16-36-25-32-31-24(33(25)27)30-28-14-19-9-3-5-12-22(19)35-15-18-8-6-10-20(26)13-18/h2-14H,15-16,27H2,1H3,(H,29,34)(H,30,31)/b28-14+. The van der Waals surface area contributed by atoms with Crippen molar-refractivity contribution in [2.45, 2.75) is 18.7 Å². The maximum atomic E-state index is 12.3. The molecule has 0 aliphatic carbocycles. The number of thioether (sulfide) groups is 1. The number of hydrazone groups is 1. The van der Waals surface area contributed by atoms with Gasteiger partial charge in [-0.3, -0.25) is 4.79 Å². The Labute approximate surface area is 221 Å². The molecule has 36 heavy (non-hydrogen) atoms. The van der Waals surface area contributed by atoms with Crippen molar-refractivity contribution in [1.82, 2.24) is 14.9 Å². The van der Waals surface area contributed by atoms with Crippen LogP contribution < -0.4 is 21.3 Å². The molecule has 3 aromatic carbocycles. The van der Waals surface area contributed by atoms with Crippen LogP contribution in [0.15, 0.2) is 87.5 Å². The summed E-state index contributed by atoms with van der Waals surface area (Å²) >= 11 is 4.65. The fraction of sp³-hybridized carbons (Fsp3) is 0.120. The number of para-hydroxylation sites is 2. The SMILES string of the molecule is Cc1ccccc1NC(=O)CSc1nnc(N/N=C/c2ccccc2OCc2cccc(Br)c2)n1N. The highest BCUT2D eigenvalue weighted by molar-refractivity contribution is 9.10. The fourth-order valence-corrected chi connectivity index (χ4v) is 4.25. The highest BCUT2D eigenvalue weighted by Gasteiger charge is 2.12. The van der Waals surface area contributed by atoms with E-state index in [0.717, 1.165) is 26.9 Å². The molecule has 4 N–H and O–H groups in total. The summed E-state index contributed by atoms with van der Waals surface area (Å²) in [5, 5.41) is 15.5. The van der Waals surface area contributed by atoms with Gasteiger partial charge in [0.25, 0.3) is 5.95 Å². The number of ether oxygens (including phenoxy) is 1. The number of nitrogens with one attached hydrogen (secondary N) is 2. The lowest BCUT2D eigenvalue weighted by molar-refractivity contribution is -0.113. The lowest BCUT2D eigenvalue weighted by Crippen LogP contribution is -2.17. The molecule has 0 aliphatic rings. The minimum Gasteiger partial charge on any atom is -0.488 e. The number of hydrogen-bond acceptors (Lipinski definition) is 8. The van der Waals surface area contributed by atoms with E-state index in [9.17, 15) is 4.79 Å². The van der Waals surface area contributed by atoms with Gasteiger partial charge in [-0.15, -0.1) is 10.2 Å². The quantitative estimate of drug-likeness (QED) is 0.109. The summed E-state index contributed by atoms with van der Waals surface area (Å²) in [7, 11) is 0. The number of aromatic nitrogens is 3. The molecule has 0 radical (unpaired) electrons. The molecule has 9 nitrogen and oxygen atoms in total. The molecule has 0 saturated carbocycles. The van der Waals surface area contributed by atoms with Gasteiger partial charge in [-0.1, -0.05) is 70.2 Å². The molecule has 4 aromatic rings. The molecular weight excluding hydrogens is 542 g/mol. The van der Waals surface area contributed by atoms with Gasteiger partial charge in [0.2, 0.25) is 11.1 Å². The van der Waals surface area contributed by atoms with Gasteiger partial charge in [0, 0.05) is 15.7 Å². The van der Waals surface area contributed by atoms with E-state index < -0.39 is 0 Å². The molecule has 0 spiro atoms. The van der Waals surface area contributed by atoms with Crippen LogP contribution >= 0.6 is 27.7 Å². The summed E-state index contributed by atoms with van der Waals surface area (Å²) in [6.45, 7) is 2.36. The van der Waals surface area contributed by atoms with Crippen molar-refractivity contribution >= 4 is 51.4 Å². The number of aryl methyl sites for hydroxylation is 1. The van der Waals surface area contributed by atoms with E-state index in [2.05, 4.69) is 42.0 Å².